The second kappa shape index (κ2) is 7.79. The van der Waals surface area contributed by atoms with E-state index in [9.17, 15) is 4.79 Å². The summed E-state index contributed by atoms with van der Waals surface area (Å²) in [6, 6.07) is 7.90. The highest BCUT2D eigenvalue weighted by molar-refractivity contribution is 5.80. The van der Waals surface area contributed by atoms with Gasteiger partial charge in [-0.15, -0.1) is 0 Å². The number of carbonyl (C=O) groups is 1. The van der Waals surface area contributed by atoms with Crippen LogP contribution in [0.2, 0.25) is 0 Å². The quantitative estimate of drug-likeness (QED) is 0.451. The fourth-order valence-electron chi connectivity index (χ4n) is 1.84. The molecule has 4 nitrogen and oxygen atoms in total. The Balaban J connectivity index is 2.67. The van der Waals surface area contributed by atoms with E-state index in [0.717, 1.165) is 6.42 Å². The van der Waals surface area contributed by atoms with Gasteiger partial charge < -0.3 is 4.74 Å². The van der Waals surface area contributed by atoms with Crippen LogP contribution >= 0.6 is 0 Å². The van der Waals surface area contributed by atoms with Crippen molar-refractivity contribution in [1.82, 2.24) is 5.43 Å². The molecule has 1 aromatic carbocycles. The van der Waals surface area contributed by atoms with Crippen LogP contribution in [-0.4, -0.2) is 12.0 Å². The van der Waals surface area contributed by atoms with Crippen LogP contribution in [0, 0.1) is 5.92 Å². The third-order valence-electron chi connectivity index (χ3n) is 3.01. The molecule has 0 aromatic heterocycles. The number of nitrogens with two attached hydrogens (primary N) is 1. The molecule has 1 atom stereocenters. The van der Waals surface area contributed by atoms with Gasteiger partial charge in [0.1, 0.15) is 5.75 Å². The smallest absolute Gasteiger partial charge is 0.275 e. The molecule has 106 valence electrons. The minimum Gasteiger partial charge on any atom is -0.480 e. The first kappa shape index (κ1) is 15.5. The van der Waals surface area contributed by atoms with Gasteiger partial charge in [0.2, 0.25) is 0 Å². The predicted molar refractivity (Wildman–Crippen MR) is 76.6 cm³/mol. The molecule has 3 N–H and O–H groups in total. The summed E-state index contributed by atoms with van der Waals surface area (Å²) in [5.74, 6) is 5.62. The first-order chi connectivity index (χ1) is 9.08. The van der Waals surface area contributed by atoms with Gasteiger partial charge in [-0.1, -0.05) is 39.3 Å². The molecule has 0 fully saturated rings. The summed E-state index contributed by atoms with van der Waals surface area (Å²) in [5, 5.41) is 0. The number of hydrazine groups is 1. The lowest BCUT2D eigenvalue weighted by atomic mass is 10.1. The van der Waals surface area contributed by atoms with E-state index in [0.29, 0.717) is 5.75 Å². The van der Waals surface area contributed by atoms with Crippen molar-refractivity contribution in [3.63, 3.8) is 0 Å². The van der Waals surface area contributed by atoms with Crippen LogP contribution in [0.3, 0.4) is 0 Å². The highest BCUT2D eigenvalue weighted by Gasteiger charge is 2.23. The van der Waals surface area contributed by atoms with Crippen molar-refractivity contribution >= 4 is 5.91 Å². The fourth-order valence-corrected chi connectivity index (χ4v) is 1.84. The van der Waals surface area contributed by atoms with E-state index in [2.05, 4.69) is 12.3 Å². The van der Waals surface area contributed by atoms with E-state index in [4.69, 9.17) is 10.6 Å². The molecular formula is C15H24N2O2. The van der Waals surface area contributed by atoms with Crippen LogP contribution in [0.15, 0.2) is 24.3 Å². The molecule has 0 aliphatic rings. The molecule has 1 aromatic rings. The maximum Gasteiger partial charge on any atom is 0.275 e. The molecule has 0 saturated heterocycles. The molecule has 1 rings (SSSR count). The Bertz CT molecular complexity index is 388. The van der Waals surface area contributed by atoms with Gasteiger partial charge in [-0.05, 0) is 36.5 Å². The van der Waals surface area contributed by atoms with Crippen LogP contribution < -0.4 is 16.0 Å². The zero-order chi connectivity index (χ0) is 14.3. The first-order valence-electron chi connectivity index (χ1n) is 6.84. The topological polar surface area (TPSA) is 64.3 Å². The molecule has 1 amide bonds. The van der Waals surface area contributed by atoms with E-state index < -0.39 is 6.10 Å². The summed E-state index contributed by atoms with van der Waals surface area (Å²) in [7, 11) is 0. The number of unbranched alkanes of at least 4 members (excludes halogenated alkanes) is 1. The van der Waals surface area contributed by atoms with Crippen molar-refractivity contribution in [3.8, 4) is 5.75 Å². The second-order valence-electron chi connectivity index (χ2n) is 5.04. The Morgan fingerprint density at radius 1 is 1.32 bits per heavy atom. The molecule has 0 spiro atoms. The molecule has 0 aliphatic carbocycles. The number of hydrogen-bond acceptors (Lipinski definition) is 3. The van der Waals surface area contributed by atoms with Crippen LogP contribution in [0.25, 0.3) is 0 Å². The molecule has 1 unspecified atom stereocenters. The molecular weight excluding hydrogens is 240 g/mol. The summed E-state index contributed by atoms with van der Waals surface area (Å²) >= 11 is 0. The number of hydrogen-bond donors (Lipinski definition) is 2. The van der Waals surface area contributed by atoms with Crippen molar-refractivity contribution < 1.29 is 9.53 Å². The molecule has 0 heterocycles. The van der Waals surface area contributed by atoms with Crippen LogP contribution in [-0.2, 0) is 11.2 Å². The largest absolute Gasteiger partial charge is 0.480 e. The summed E-state index contributed by atoms with van der Waals surface area (Å²) in [6.07, 6.45) is 2.88. The number of ether oxygens (including phenoxy) is 1. The highest BCUT2D eigenvalue weighted by atomic mass is 16.5. The highest BCUT2D eigenvalue weighted by Crippen LogP contribution is 2.18. The summed E-state index contributed by atoms with van der Waals surface area (Å²) < 4.78 is 5.70. The van der Waals surface area contributed by atoms with Crippen molar-refractivity contribution in [1.29, 1.82) is 0 Å². The Kier molecular flexibility index (Phi) is 6.36. The maximum atomic E-state index is 11.6. The number of rotatable bonds is 7. The van der Waals surface area contributed by atoms with Gasteiger partial charge in [0.05, 0.1) is 0 Å². The lowest BCUT2D eigenvalue weighted by Crippen LogP contribution is -2.44. The average Bonchev–Trinajstić information content (AvgIpc) is 2.42. The van der Waals surface area contributed by atoms with E-state index in [1.807, 2.05) is 38.1 Å². The van der Waals surface area contributed by atoms with E-state index in [-0.39, 0.29) is 11.8 Å². The monoisotopic (exact) mass is 264 g/mol. The van der Waals surface area contributed by atoms with Crippen LogP contribution in [0.5, 0.6) is 5.75 Å². The molecule has 0 saturated carbocycles. The van der Waals surface area contributed by atoms with Gasteiger partial charge in [0, 0.05) is 0 Å². The second-order valence-corrected chi connectivity index (χ2v) is 5.04. The number of aryl methyl sites for hydroxylation is 1. The Labute approximate surface area is 115 Å². The first-order valence-corrected chi connectivity index (χ1v) is 6.84. The third kappa shape index (κ3) is 4.91. The zero-order valence-electron chi connectivity index (χ0n) is 12.0. The normalized spacial score (nSPS) is 12.3. The standard InChI is InChI=1S/C15H24N2O2/c1-4-5-6-12-7-9-13(10-8-12)19-14(11(2)3)15(18)17-16/h7-11,14H,4-6,16H2,1-3H3,(H,17,18). The number of carbonyl (C=O) groups excluding carboxylic acids is 1. The van der Waals surface area contributed by atoms with Gasteiger partial charge in [-0.25, -0.2) is 5.84 Å². The minimum absolute atomic E-state index is 0.0586. The number of amides is 1. The Hall–Kier alpha value is -1.55. The third-order valence-corrected chi connectivity index (χ3v) is 3.01. The maximum absolute atomic E-state index is 11.6. The molecule has 0 radical (unpaired) electrons. The number of benzene rings is 1. The van der Waals surface area contributed by atoms with Gasteiger partial charge in [-0.2, -0.15) is 0 Å². The summed E-state index contributed by atoms with van der Waals surface area (Å²) in [4.78, 5) is 11.6. The lowest BCUT2D eigenvalue weighted by Gasteiger charge is -2.20. The Morgan fingerprint density at radius 3 is 2.42 bits per heavy atom. The molecule has 0 bridgehead atoms. The number of nitrogens with one attached hydrogen (secondary N) is 1. The van der Waals surface area contributed by atoms with Crippen LogP contribution in [0.4, 0.5) is 0 Å². The average molecular weight is 264 g/mol. The minimum atomic E-state index is -0.563. The van der Waals surface area contributed by atoms with E-state index >= 15 is 0 Å². The van der Waals surface area contributed by atoms with Gasteiger partial charge in [0.25, 0.3) is 5.91 Å². The Morgan fingerprint density at radius 2 is 1.95 bits per heavy atom. The summed E-state index contributed by atoms with van der Waals surface area (Å²) in [6.45, 7) is 6.03. The van der Waals surface area contributed by atoms with Gasteiger partial charge in [-0.3, -0.25) is 10.2 Å². The van der Waals surface area contributed by atoms with E-state index in [1.165, 1.54) is 18.4 Å². The predicted octanol–water partition coefficient (Wildman–Crippen LogP) is 2.42. The van der Waals surface area contributed by atoms with Gasteiger partial charge in [0.15, 0.2) is 6.10 Å². The van der Waals surface area contributed by atoms with Crippen molar-refractivity contribution in [3.05, 3.63) is 29.8 Å². The van der Waals surface area contributed by atoms with E-state index in [1.54, 1.807) is 0 Å². The lowest BCUT2D eigenvalue weighted by molar-refractivity contribution is -0.129. The molecule has 4 heteroatoms. The van der Waals surface area contributed by atoms with Crippen molar-refractivity contribution in [2.45, 2.75) is 46.1 Å². The molecule has 19 heavy (non-hydrogen) atoms. The zero-order valence-corrected chi connectivity index (χ0v) is 12.0. The fraction of sp³-hybridized carbons (Fsp3) is 0.533. The molecule has 0 aliphatic heterocycles. The summed E-state index contributed by atoms with van der Waals surface area (Å²) in [5.41, 5.74) is 3.43. The van der Waals surface area contributed by atoms with Crippen molar-refractivity contribution in [2.24, 2.45) is 11.8 Å². The van der Waals surface area contributed by atoms with Crippen LogP contribution in [0.1, 0.15) is 39.2 Å². The van der Waals surface area contributed by atoms with Crippen molar-refractivity contribution in [2.75, 3.05) is 0 Å². The van der Waals surface area contributed by atoms with Gasteiger partial charge >= 0.3 is 0 Å². The SMILES string of the molecule is CCCCc1ccc(OC(C(=O)NN)C(C)C)cc1.